The fourth-order valence-electron chi connectivity index (χ4n) is 4.25. The van der Waals surface area contributed by atoms with E-state index in [4.69, 9.17) is 6.57 Å². The van der Waals surface area contributed by atoms with Crippen LogP contribution < -0.4 is 11.0 Å². The number of nitrogens with zero attached hydrogens (tertiary/aromatic N) is 6. The number of nitrogens with one attached hydrogen (secondary N) is 1. The molecule has 2 heterocycles. The van der Waals surface area contributed by atoms with Gasteiger partial charge in [0.2, 0.25) is 0 Å². The lowest BCUT2D eigenvalue weighted by Gasteiger charge is -2.13. The molecule has 4 aromatic rings. The molecular weight excluding hydrogens is 511 g/mol. The summed E-state index contributed by atoms with van der Waals surface area (Å²) < 4.78 is 43.9. The second-order valence-electron chi connectivity index (χ2n) is 9.08. The van der Waals surface area contributed by atoms with Gasteiger partial charge < -0.3 is 10.2 Å². The average molecular weight is 538 g/mol. The van der Waals surface area contributed by atoms with Crippen LogP contribution in [-0.2, 0) is 6.18 Å². The van der Waals surface area contributed by atoms with Gasteiger partial charge in [0.1, 0.15) is 5.69 Å². The quantitative estimate of drug-likeness (QED) is 0.269. The number of aromatic nitrogens is 4. The highest BCUT2D eigenvalue weighted by Gasteiger charge is 2.32. The molecule has 9 nitrogen and oxygen atoms in total. The highest BCUT2D eigenvalue weighted by molar-refractivity contribution is 5.83. The molecule has 0 aliphatic carbocycles. The number of imidazole rings is 1. The Hall–Kier alpha value is -4.63. The van der Waals surface area contributed by atoms with Gasteiger partial charge in [-0.15, -0.1) is 0 Å². The van der Waals surface area contributed by atoms with Crippen molar-refractivity contribution >= 4 is 11.7 Å². The fraction of sp³-hybridized carbons (Fsp3) is 0.259. The fourth-order valence-corrected chi connectivity index (χ4v) is 4.25. The van der Waals surface area contributed by atoms with Crippen LogP contribution in [0.15, 0.2) is 65.6 Å². The zero-order chi connectivity index (χ0) is 28.3. The second kappa shape index (κ2) is 11.0. The second-order valence-corrected chi connectivity index (χ2v) is 9.08. The largest absolute Gasteiger partial charge is 0.416 e. The Kier molecular flexibility index (Phi) is 7.73. The van der Waals surface area contributed by atoms with Gasteiger partial charge in [-0.05, 0) is 70.4 Å². The Morgan fingerprint density at radius 3 is 2.46 bits per heavy atom. The number of carbonyl (C=O) groups is 1. The van der Waals surface area contributed by atoms with Crippen LogP contribution in [0.1, 0.15) is 17.7 Å². The van der Waals surface area contributed by atoms with Crippen LogP contribution in [0.4, 0.5) is 23.7 Å². The van der Waals surface area contributed by atoms with Crippen molar-refractivity contribution < 1.29 is 18.0 Å². The van der Waals surface area contributed by atoms with Gasteiger partial charge in [-0.25, -0.2) is 23.7 Å². The lowest BCUT2D eigenvalue weighted by Crippen LogP contribution is -2.38. The van der Waals surface area contributed by atoms with Gasteiger partial charge in [0.25, 0.3) is 0 Å². The summed E-state index contributed by atoms with van der Waals surface area (Å²) in [5, 5.41) is 7.08. The Balaban J connectivity index is 1.89. The molecule has 4 rings (SSSR count). The van der Waals surface area contributed by atoms with Gasteiger partial charge in [0, 0.05) is 6.54 Å². The van der Waals surface area contributed by atoms with E-state index in [0.717, 1.165) is 21.3 Å². The zero-order valence-electron chi connectivity index (χ0n) is 21.5. The van der Waals surface area contributed by atoms with Gasteiger partial charge in [-0.3, -0.25) is 4.57 Å². The van der Waals surface area contributed by atoms with Crippen molar-refractivity contribution in [1.82, 2.24) is 29.1 Å². The van der Waals surface area contributed by atoms with E-state index in [0.29, 0.717) is 30.0 Å². The summed E-state index contributed by atoms with van der Waals surface area (Å²) in [6, 6.07) is 11.9. The third-order valence-corrected chi connectivity index (χ3v) is 6.09. The van der Waals surface area contributed by atoms with Gasteiger partial charge in [-0.2, -0.15) is 18.3 Å². The monoisotopic (exact) mass is 537 g/mol. The summed E-state index contributed by atoms with van der Waals surface area (Å²) >= 11 is 0. The molecule has 0 saturated heterocycles. The van der Waals surface area contributed by atoms with Gasteiger partial charge in [0.05, 0.1) is 41.1 Å². The summed E-state index contributed by atoms with van der Waals surface area (Å²) in [6.45, 7) is 9.72. The van der Waals surface area contributed by atoms with Crippen LogP contribution in [0.25, 0.3) is 27.6 Å². The average Bonchev–Trinajstić information content (AvgIpc) is 3.47. The molecule has 0 bridgehead atoms. The van der Waals surface area contributed by atoms with Crippen molar-refractivity contribution in [2.45, 2.75) is 19.5 Å². The summed E-state index contributed by atoms with van der Waals surface area (Å²) in [6.07, 6.45) is -2.50. The molecule has 0 unspecified atom stereocenters. The molecule has 1 amide bonds. The van der Waals surface area contributed by atoms with Crippen molar-refractivity contribution in [2.24, 2.45) is 0 Å². The molecule has 2 aromatic heterocycles. The van der Waals surface area contributed by atoms with E-state index in [1.54, 1.807) is 37.3 Å². The lowest BCUT2D eigenvalue weighted by atomic mass is 10.2. The van der Waals surface area contributed by atoms with Crippen LogP contribution in [0.3, 0.4) is 0 Å². The van der Waals surface area contributed by atoms with Crippen molar-refractivity contribution in [3.8, 4) is 22.8 Å². The Morgan fingerprint density at radius 1 is 1.10 bits per heavy atom. The van der Waals surface area contributed by atoms with Crippen LogP contribution in [0.5, 0.6) is 0 Å². The third-order valence-electron chi connectivity index (χ3n) is 6.09. The summed E-state index contributed by atoms with van der Waals surface area (Å²) in [5.41, 5.74) is 0.0279. The molecular formula is C27H26F3N7O2. The van der Waals surface area contributed by atoms with Crippen LogP contribution in [0.2, 0.25) is 0 Å². The van der Waals surface area contributed by atoms with E-state index < -0.39 is 23.5 Å². The van der Waals surface area contributed by atoms with Gasteiger partial charge in [0.15, 0.2) is 5.69 Å². The van der Waals surface area contributed by atoms with E-state index in [1.165, 1.54) is 23.0 Å². The number of rotatable bonds is 7. The molecule has 0 fully saturated rings. The van der Waals surface area contributed by atoms with Crippen LogP contribution in [-0.4, -0.2) is 57.0 Å². The van der Waals surface area contributed by atoms with Crippen LogP contribution in [0, 0.1) is 13.5 Å². The van der Waals surface area contributed by atoms with Crippen molar-refractivity contribution in [2.75, 3.05) is 27.2 Å². The Labute approximate surface area is 222 Å². The predicted octanol–water partition coefficient (Wildman–Crippen LogP) is 4.88. The van der Waals surface area contributed by atoms with Crippen molar-refractivity contribution in [1.29, 1.82) is 0 Å². The molecule has 0 atom stereocenters. The maximum absolute atomic E-state index is 13.7. The lowest BCUT2D eigenvalue weighted by molar-refractivity contribution is -0.137. The number of benzene rings is 2. The summed E-state index contributed by atoms with van der Waals surface area (Å²) in [4.78, 5) is 32.4. The summed E-state index contributed by atoms with van der Waals surface area (Å²) in [5.74, 6) is 0. The predicted molar refractivity (Wildman–Crippen MR) is 141 cm³/mol. The van der Waals surface area contributed by atoms with Crippen LogP contribution >= 0.6 is 0 Å². The molecule has 0 spiro atoms. The Morgan fingerprint density at radius 2 is 1.82 bits per heavy atom. The van der Waals surface area contributed by atoms with Gasteiger partial charge >= 0.3 is 17.9 Å². The number of amides is 1. The summed E-state index contributed by atoms with van der Waals surface area (Å²) in [7, 11) is 3.80. The van der Waals surface area contributed by atoms with Crippen molar-refractivity contribution in [3.63, 3.8) is 0 Å². The smallest absolute Gasteiger partial charge is 0.337 e. The van der Waals surface area contributed by atoms with E-state index >= 15 is 0 Å². The topological polar surface area (TPSA) is 81.5 Å². The minimum Gasteiger partial charge on any atom is -0.337 e. The van der Waals surface area contributed by atoms with Crippen molar-refractivity contribution in [3.05, 3.63) is 94.0 Å². The highest BCUT2D eigenvalue weighted by Crippen LogP contribution is 2.32. The molecule has 0 aliphatic heterocycles. The zero-order valence-corrected chi connectivity index (χ0v) is 21.5. The molecule has 202 valence electrons. The maximum Gasteiger partial charge on any atom is 0.416 e. The number of hydrogen-bond acceptors (Lipinski definition) is 4. The molecule has 1 N–H and O–H groups in total. The first-order valence-electron chi connectivity index (χ1n) is 12.0. The molecule has 39 heavy (non-hydrogen) atoms. The minimum absolute atomic E-state index is 0.0276. The highest BCUT2D eigenvalue weighted by atomic mass is 19.4. The molecule has 0 aliphatic rings. The Bertz CT molecular complexity index is 1590. The number of carbonyl (C=O) groups excluding carboxylic acids is 1. The first-order valence-corrected chi connectivity index (χ1v) is 12.0. The molecule has 0 radical (unpaired) electrons. The first kappa shape index (κ1) is 27.4. The van der Waals surface area contributed by atoms with E-state index in [-0.39, 0.29) is 23.6 Å². The minimum atomic E-state index is -4.61. The normalized spacial score (nSPS) is 11.5. The number of hydrogen-bond donors (Lipinski definition) is 1. The van der Waals surface area contributed by atoms with E-state index in [9.17, 15) is 22.8 Å². The maximum atomic E-state index is 13.7. The number of alkyl halides is 3. The SMILES string of the molecule is [C-]#[N+]c1ccc(-n2nccc2-c2c(C)n(-c3cccc(C(F)(F)F)c3)c(=O)n2C(=O)NCCCN(C)C)cc1. The molecule has 12 heteroatoms. The van der Waals surface area contributed by atoms with E-state index in [1.807, 2.05) is 19.0 Å². The van der Waals surface area contributed by atoms with Gasteiger partial charge in [-0.1, -0.05) is 18.2 Å². The van der Waals surface area contributed by atoms with E-state index in [2.05, 4.69) is 15.3 Å². The third kappa shape index (κ3) is 5.63. The standard InChI is InChI=1S/C27H26F3N7O2/c1-18-24(23-13-15-33-37(23)21-11-9-20(31-2)10-12-21)36(25(38)32-14-6-16-34(3)4)26(39)35(18)22-8-5-7-19(17-22)27(28,29)30/h5,7-13,15,17H,6,14,16H2,1,3-4H3,(H,32,38). The molecule has 0 saturated carbocycles. The number of halogens is 3. The first-order chi connectivity index (χ1) is 18.5. The molecule has 2 aromatic carbocycles.